The zero-order valence-corrected chi connectivity index (χ0v) is 11.9. The topological polar surface area (TPSA) is 64.3 Å². The van der Waals surface area contributed by atoms with Crippen LogP contribution in [0, 0.1) is 5.82 Å². The van der Waals surface area contributed by atoms with Crippen molar-refractivity contribution < 1.29 is 13.9 Å². The summed E-state index contributed by atoms with van der Waals surface area (Å²) in [6, 6.07) is 11.1. The summed E-state index contributed by atoms with van der Waals surface area (Å²) in [6.45, 7) is 1.95. The van der Waals surface area contributed by atoms with Crippen LogP contribution in [0.1, 0.15) is 28.9 Å². The molecule has 0 aliphatic heterocycles. The number of nitrogen functional groups attached to an aromatic ring is 1. The Morgan fingerprint density at radius 1 is 1.24 bits per heavy atom. The zero-order chi connectivity index (χ0) is 15.4. The molecule has 0 aromatic heterocycles. The number of nitrogens with one attached hydrogen (secondary N) is 1. The van der Waals surface area contributed by atoms with E-state index in [0.29, 0.717) is 16.9 Å². The van der Waals surface area contributed by atoms with E-state index in [1.807, 2.05) is 6.92 Å². The lowest BCUT2D eigenvalue weighted by Crippen LogP contribution is -2.09. The van der Waals surface area contributed by atoms with E-state index in [1.54, 1.807) is 30.3 Å². The van der Waals surface area contributed by atoms with Crippen molar-refractivity contribution in [3.63, 3.8) is 0 Å². The van der Waals surface area contributed by atoms with Crippen LogP contribution in [0.3, 0.4) is 0 Å². The maximum atomic E-state index is 12.9. The van der Waals surface area contributed by atoms with Gasteiger partial charge < -0.3 is 15.8 Å². The third-order valence-corrected chi connectivity index (χ3v) is 3.21. The van der Waals surface area contributed by atoms with Gasteiger partial charge in [-0.25, -0.2) is 9.18 Å². The van der Waals surface area contributed by atoms with Gasteiger partial charge in [-0.2, -0.15) is 0 Å². The van der Waals surface area contributed by atoms with Crippen molar-refractivity contribution in [3.8, 4) is 0 Å². The molecule has 0 saturated heterocycles. The van der Waals surface area contributed by atoms with Crippen molar-refractivity contribution in [1.82, 2.24) is 0 Å². The first-order chi connectivity index (χ1) is 10.0. The predicted octanol–water partition coefficient (Wildman–Crippen LogP) is 3.37. The molecule has 1 atom stereocenters. The van der Waals surface area contributed by atoms with Gasteiger partial charge in [0.05, 0.1) is 24.0 Å². The van der Waals surface area contributed by atoms with Crippen LogP contribution in [-0.2, 0) is 4.74 Å². The number of hydrogen-bond acceptors (Lipinski definition) is 4. The largest absolute Gasteiger partial charge is 0.465 e. The first kappa shape index (κ1) is 14.8. The summed E-state index contributed by atoms with van der Waals surface area (Å²) in [7, 11) is 1.32. The molecule has 0 radical (unpaired) electrons. The highest BCUT2D eigenvalue weighted by atomic mass is 19.1. The molecule has 4 nitrogen and oxygen atoms in total. The lowest BCUT2D eigenvalue weighted by Gasteiger charge is -2.17. The summed E-state index contributed by atoms with van der Waals surface area (Å²) < 4.78 is 17.6. The molecule has 1 unspecified atom stereocenters. The fourth-order valence-electron chi connectivity index (χ4n) is 2.01. The van der Waals surface area contributed by atoms with Crippen molar-refractivity contribution in [2.45, 2.75) is 13.0 Å². The minimum atomic E-state index is -0.431. The second-order valence-corrected chi connectivity index (χ2v) is 4.71. The van der Waals surface area contributed by atoms with Crippen molar-refractivity contribution in [2.75, 3.05) is 18.2 Å². The SMILES string of the molecule is COC(=O)c1ccc(NC(C)c2ccc(F)cc2)c(N)c1. The zero-order valence-electron chi connectivity index (χ0n) is 11.9. The monoisotopic (exact) mass is 288 g/mol. The van der Waals surface area contributed by atoms with Gasteiger partial charge in [-0.3, -0.25) is 0 Å². The third kappa shape index (κ3) is 3.51. The van der Waals surface area contributed by atoms with E-state index in [0.717, 1.165) is 5.56 Å². The Labute approximate surface area is 122 Å². The summed E-state index contributed by atoms with van der Waals surface area (Å²) in [5, 5.41) is 3.23. The predicted molar refractivity (Wildman–Crippen MR) is 80.6 cm³/mol. The van der Waals surface area contributed by atoms with Crippen LogP contribution in [0.25, 0.3) is 0 Å². The molecule has 3 N–H and O–H groups in total. The van der Waals surface area contributed by atoms with Crippen LogP contribution in [0.5, 0.6) is 0 Å². The summed E-state index contributed by atoms with van der Waals surface area (Å²) in [5.74, 6) is -0.701. The number of anilines is 2. The van der Waals surface area contributed by atoms with Gasteiger partial charge in [-0.15, -0.1) is 0 Å². The minimum absolute atomic E-state index is 0.0446. The van der Waals surface area contributed by atoms with Crippen molar-refractivity contribution in [2.24, 2.45) is 0 Å². The van der Waals surface area contributed by atoms with Gasteiger partial charge in [-0.1, -0.05) is 12.1 Å². The highest BCUT2D eigenvalue weighted by molar-refractivity contribution is 5.91. The van der Waals surface area contributed by atoms with Crippen LogP contribution < -0.4 is 11.1 Å². The molecule has 5 heteroatoms. The van der Waals surface area contributed by atoms with E-state index in [1.165, 1.54) is 19.2 Å². The molecule has 110 valence electrons. The number of rotatable bonds is 4. The Morgan fingerprint density at radius 2 is 1.90 bits per heavy atom. The highest BCUT2D eigenvalue weighted by Gasteiger charge is 2.11. The molecule has 0 bridgehead atoms. The van der Waals surface area contributed by atoms with E-state index < -0.39 is 5.97 Å². The summed E-state index contributed by atoms with van der Waals surface area (Å²) in [6.07, 6.45) is 0. The van der Waals surface area contributed by atoms with Crippen molar-refractivity contribution in [1.29, 1.82) is 0 Å². The van der Waals surface area contributed by atoms with Crippen molar-refractivity contribution >= 4 is 17.3 Å². The normalized spacial score (nSPS) is 11.8. The summed E-state index contributed by atoms with van der Waals surface area (Å²) in [5.41, 5.74) is 8.43. The van der Waals surface area contributed by atoms with Crippen LogP contribution in [0.2, 0.25) is 0 Å². The fraction of sp³-hybridized carbons (Fsp3) is 0.188. The van der Waals surface area contributed by atoms with E-state index in [2.05, 4.69) is 10.1 Å². The molecule has 0 heterocycles. The van der Waals surface area contributed by atoms with Crippen LogP contribution in [0.4, 0.5) is 15.8 Å². The van der Waals surface area contributed by atoms with Gasteiger partial charge in [0.1, 0.15) is 5.82 Å². The van der Waals surface area contributed by atoms with Gasteiger partial charge >= 0.3 is 5.97 Å². The van der Waals surface area contributed by atoms with Gasteiger partial charge in [0.25, 0.3) is 0 Å². The number of benzene rings is 2. The molecule has 0 saturated carbocycles. The summed E-state index contributed by atoms with van der Waals surface area (Å²) >= 11 is 0. The molecule has 0 fully saturated rings. The molecule has 0 spiro atoms. The molecular formula is C16H17FN2O2. The minimum Gasteiger partial charge on any atom is -0.465 e. The van der Waals surface area contributed by atoms with Crippen molar-refractivity contribution in [3.05, 3.63) is 59.4 Å². The van der Waals surface area contributed by atoms with Gasteiger partial charge in [0, 0.05) is 6.04 Å². The smallest absolute Gasteiger partial charge is 0.337 e. The van der Waals surface area contributed by atoms with E-state index in [9.17, 15) is 9.18 Å². The number of nitrogens with two attached hydrogens (primary N) is 1. The molecule has 0 amide bonds. The van der Waals surface area contributed by atoms with Crippen LogP contribution in [-0.4, -0.2) is 13.1 Å². The Kier molecular flexibility index (Phi) is 4.42. The van der Waals surface area contributed by atoms with E-state index in [-0.39, 0.29) is 11.9 Å². The Bertz CT molecular complexity index is 641. The van der Waals surface area contributed by atoms with E-state index >= 15 is 0 Å². The molecule has 2 aromatic rings. The maximum absolute atomic E-state index is 12.9. The Morgan fingerprint density at radius 3 is 2.48 bits per heavy atom. The second-order valence-electron chi connectivity index (χ2n) is 4.71. The third-order valence-electron chi connectivity index (χ3n) is 3.21. The standard InChI is InChI=1S/C16H17FN2O2/c1-10(11-3-6-13(17)7-4-11)19-15-8-5-12(9-14(15)18)16(20)21-2/h3-10,19H,18H2,1-2H3. The number of hydrogen-bond donors (Lipinski definition) is 2. The maximum Gasteiger partial charge on any atom is 0.337 e. The number of methoxy groups -OCH3 is 1. The number of carbonyl (C=O) groups excluding carboxylic acids is 1. The lowest BCUT2D eigenvalue weighted by molar-refractivity contribution is 0.0601. The Balaban J connectivity index is 2.15. The quantitative estimate of drug-likeness (QED) is 0.669. The molecule has 0 aliphatic carbocycles. The van der Waals surface area contributed by atoms with Gasteiger partial charge in [0.15, 0.2) is 0 Å². The average Bonchev–Trinajstić information content (AvgIpc) is 2.49. The average molecular weight is 288 g/mol. The number of esters is 1. The molecule has 2 aromatic carbocycles. The van der Waals surface area contributed by atoms with Crippen LogP contribution >= 0.6 is 0 Å². The molecule has 0 aliphatic rings. The molecule has 2 rings (SSSR count). The van der Waals surface area contributed by atoms with Crippen LogP contribution in [0.15, 0.2) is 42.5 Å². The number of ether oxygens (including phenoxy) is 1. The first-order valence-corrected chi connectivity index (χ1v) is 6.51. The number of halogens is 1. The summed E-state index contributed by atoms with van der Waals surface area (Å²) in [4.78, 5) is 11.4. The fourth-order valence-corrected chi connectivity index (χ4v) is 2.01. The second kappa shape index (κ2) is 6.26. The molecular weight excluding hydrogens is 271 g/mol. The van der Waals surface area contributed by atoms with Gasteiger partial charge in [0.2, 0.25) is 0 Å². The van der Waals surface area contributed by atoms with Gasteiger partial charge in [-0.05, 0) is 42.8 Å². The molecule has 21 heavy (non-hydrogen) atoms. The lowest BCUT2D eigenvalue weighted by atomic mass is 10.1. The Hall–Kier alpha value is -2.56. The first-order valence-electron chi connectivity index (χ1n) is 6.51. The number of carbonyl (C=O) groups is 1. The highest BCUT2D eigenvalue weighted by Crippen LogP contribution is 2.25. The van der Waals surface area contributed by atoms with E-state index in [4.69, 9.17) is 5.73 Å².